The van der Waals surface area contributed by atoms with Gasteiger partial charge in [0.2, 0.25) is 0 Å². The van der Waals surface area contributed by atoms with Gasteiger partial charge in [-0.05, 0) is 19.3 Å². The third-order valence-electron chi connectivity index (χ3n) is 3.59. The van der Waals surface area contributed by atoms with Crippen molar-refractivity contribution in [1.82, 2.24) is 15.0 Å². The van der Waals surface area contributed by atoms with E-state index in [-0.39, 0.29) is 11.7 Å². The first-order valence-corrected chi connectivity index (χ1v) is 6.50. The third-order valence-corrected chi connectivity index (χ3v) is 3.59. The minimum absolute atomic E-state index is 0.00828. The summed E-state index contributed by atoms with van der Waals surface area (Å²) in [6.45, 7) is 1.88. The van der Waals surface area contributed by atoms with Gasteiger partial charge in [0.05, 0.1) is 17.8 Å². The molecule has 0 aromatic carbocycles. The molecule has 6 heteroatoms. The lowest BCUT2D eigenvalue weighted by Crippen LogP contribution is -2.25. The Morgan fingerprint density at radius 1 is 1.39 bits per heavy atom. The summed E-state index contributed by atoms with van der Waals surface area (Å²) in [4.78, 5) is 11.0. The average molecular weight is 253 g/mol. The Labute approximate surface area is 106 Å². The first-order valence-electron chi connectivity index (χ1n) is 6.50. The highest BCUT2D eigenvalue weighted by Gasteiger charge is 2.28. The molecule has 2 N–H and O–H groups in total. The Kier molecular flexibility index (Phi) is 3.96. The lowest BCUT2D eigenvalue weighted by Gasteiger charge is -2.22. The van der Waals surface area contributed by atoms with Crippen molar-refractivity contribution in [2.45, 2.75) is 57.6 Å². The van der Waals surface area contributed by atoms with Crippen LogP contribution in [0.4, 0.5) is 0 Å². The van der Waals surface area contributed by atoms with Crippen molar-refractivity contribution >= 4 is 5.97 Å². The summed E-state index contributed by atoms with van der Waals surface area (Å²) in [7, 11) is 0. The minimum Gasteiger partial charge on any atom is -0.476 e. The number of hydrogen-bond acceptors (Lipinski definition) is 4. The van der Waals surface area contributed by atoms with E-state index in [0.29, 0.717) is 12.1 Å². The molecule has 1 fully saturated rings. The van der Waals surface area contributed by atoms with Gasteiger partial charge in [-0.2, -0.15) is 0 Å². The second kappa shape index (κ2) is 5.48. The van der Waals surface area contributed by atoms with Gasteiger partial charge in [0.15, 0.2) is 5.69 Å². The molecular weight excluding hydrogens is 234 g/mol. The Balaban J connectivity index is 2.34. The van der Waals surface area contributed by atoms with E-state index in [1.165, 1.54) is 0 Å². The van der Waals surface area contributed by atoms with Crippen molar-refractivity contribution in [2.24, 2.45) is 0 Å². The summed E-state index contributed by atoms with van der Waals surface area (Å²) in [5.41, 5.74) is 0.613. The van der Waals surface area contributed by atoms with Crippen LogP contribution in [0.25, 0.3) is 0 Å². The molecule has 1 saturated carbocycles. The van der Waals surface area contributed by atoms with Gasteiger partial charge in [-0.1, -0.05) is 31.4 Å². The quantitative estimate of drug-likeness (QED) is 0.795. The van der Waals surface area contributed by atoms with Gasteiger partial charge in [-0.15, -0.1) is 5.10 Å². The molecule has 1 aromatic rings. The average Bonchev–Trinajstić information content (AvgIpc) is 2.66. The third kappa shape index (κ3) is 2.38. The smallest absolute Gasteiger partial charge is 0.358 e. The molecule has 2 unspecified atom stereocenters. The Bertz CT molecular complexity index is 430. The fourth-order valence-corrected chi connectivity index (χ4v) is 2.63. The highest BCUT2D eigenvalue weighted by atomic mass is 16.4. The number of nitrogens with zero attached hydrogens (tertiary/aromatic N) is 3. The molecule has 0 saturated heterocycles. The standard InChI is InChI=1S/C12H19N3O3/c1-2-8-11(12(17)18)13-14-15(8)9-6-4-3-5-7-10(9)16/h9-10,16H,2-7H2,1H3,(H,17,18). The number of carboxylic acids is 1. The van der Waals surface area contributed by atoms with Crippen LogP contribution in [-0.4, -0.2) is 37.3 Å². The molecule has 18 heavy (non-hydrogen) atoms. The van der Waals surface area contributed by atoms with Gasteiger partial charge in [0.1, 0.15) is 0 Å². The zero-order valence-corrected chi connectivity index (χ0v) is 10.5. The highest BCUT2D eigenvalue weighted by Crippen LogP contribution is 2.28. The van der Waals surface area contributed by atoms with Crippen LogP contribution in [0.15, 0.2) is 0 Å². The number of hydrogen-bond donors (Lipinski definition) is 2. The van der Waals surface area contributed by atoms with Crippen molar-refractivity contribution in [3.05, 3.63) is 11.4 Å². The first-order chi connectivity index (χ1) is 8.65. The van der Waals surface area contributed by atoms with E-state index in [1.54, 1.807) is 4.68 Å². The Morgan fingerprint density at radius 2 is 2.11 bits per heavy atom. The number of aliphatic hydroxyl groups excluding tert-OH is 1. The van der Waals surface area contributed by atoms with Crippen molar-refractivity contribution in [3.63, 3.8) is 0 Å². The van der Waals surface area contributed by atoms with Crippen LogP contribution in [0.3, 0.4) is 0 Å². The van der Waals surface area contributed by atoms with Gasteiger partial charge in [-0.25, -0.2) is 9.48 Å². The molecule has 0 spiro atoms. The molecule has 0 bridgehead atoms. The molecule has 0 amide bonds. The van der Waals surface area contributed by atoms with Crippen LogP contribution in [0.1, 0.15) is 61.3 Å². The summed E-state index contributed by atoms with van der Waals surface area (Å²) >= 11 is 0. The monoisotopic (exact) mass is 253 g/mol. The van der Waals surface area contributed by atoms with E-state index in [9.17, 15) is 9.90 Å². The SMILES string of the molecule is CCc1c(C(=O)O)nnn1C1CCCCCC1O. The number of aromatic nitrogens is 3. The molecule has 1 aromatic heterocycles. The predicted molar refractivity (Wildman–Crippen MR) is 64.5 cm³/mol. The molecule has 2 atom stereocenters. The first kappa shape index (κ1) is 13.0. The lowest BCUT2D eigenvalue weighted by molar-refractivity contribution is 0.0688. The van der Waals surface area contributed by atoms with Crippen LogP contribution >= 0.6 is 0 Å². The minimum atomic E-state index is -1.05. The van der Waals surface area contributed by atoms with Crippen molar-refractivity contribution < 1.29 is 15.0 Å². The Morgan fingerprint density at radius 3 is 2.78 bits per heavy atom. The van der Waals surface area contributed by atoms with E-state index >= 15 is 0 Å². The van der Waals surface area contributed by atoms with Gasteiger partial charge in [0, 0.05) is 0 Å². The van der Waals surface area contributed by atoms with Crippen molar-refractivity contribution in [3.8, 4) is 0 Å². The number of carbonyl (C=O) groups is 1. The fraction of sp³-hybridized carbons (Fsp3) is 0.750. The van der Waals surface area contributed by atoms with E-state index in [1.807, 2.05) is 6.92 Å². The normalized spacial score (nSPS) is 24.8. The number of aliphatic hydroxyl groups is 1. The zero-order valence-electron chi connectivity index (χ0n) is 10.5. The van der Waals surface area contributed by atoms with Gasteiger partial charge >= 0.3 is 5.97 Å². The van der Waals surface area contributed by atoms with Crippen LogP contribution in [-0.2, 0) is 6.42 Å². The predicted octanol–water partition coefficient (Wildman–Crippen LogP) is 1.40. The summed E-state index contributed by atoms with van der Waals surface area (Å²) in [5.74, 6) is -1.05. The maximum Gasteiger partial charge on any atom is 0.358 e. The van der Waals surface area contributed by atoms with E-state index < -0.39 is 12.1 Å². The molecule has 2 rings (SSSR count). The largest absolute Gasteiger partial charge is 0.476 e. The molecule has 1 aliphatic carbocycles. The van der Waals surface area contributed by atoms with Crippen molar-refractivity contribution in [2.75, 3.05) is 0 Å². The number of carboxylic acid groups (broad SMARTS) is 1. The maximum atomic E-state index is 11.0. The fourth-order valence-electron chi connectivity index (χ4n) is 2.63. The van der Waals surface area contributed by atoms with E-state index in [2.05, 4.69) is 10.3 Å². The van der Waals surface area contributed by atoms with Crippen LogP contribution in [0.5, 0.6) is 0 Å². The van der Waals surface area contributed by atoms with Crippen molar-refractivity contribution in [1.29, 1.82) is 0 Å². The lowest BCUT2D eigenvalue weighted by atomic mass is 10.1. The van der Waals surface area contributed by atoms with Crippen LogP contribution < -0.4 is 0 Å². The molecule has 6 nitrogen and oxygen atoms in total. The van der Waals surface area contributed by atoms with E-state index in [0.717, 1.165) is 32.1 Å². The van der Waals surface area contributed by atoms with Gasteiger partial charge < -0.3 is 10.2 Å². The second-order valence-electron chi connectivity index (χ2n) is 4.76. The summed E-state index contributed by atoms with van der Waals surface area (Å²) in [6.07, 6.45) is 4.83. The molecular formula is C12H19N3O3. The Hall–Kier alpha value is -1.43. The van der Waals surface area contributed by atoms with Crippen LogP contribution in [0.2, 0.25) is 0 Å². The summed E-state index contributed by atoms with van der Waals surface area (Å²) in [6, 6.07) is -0.136. The van der Waals surface area contributed by atoms with Crippen LogP contribution in [0, 0.1) is 0 Å². The van der Waals surface area contributed by atoms with E-state index in [4.69, 9.17) is 5.11 Å². The van der Waals surface area contributed by atoms with Gasteiger partial charge in [-0.3, -0.25) is 0 Å². The molecule has 1 heterocycles. The summed E-state index contributed by atoms with van der Waals surface area (Å²) < 4.78 is 1.62. The zero-order chi connectivity index (χ0) is 13.1. The highest BCUT2D eigenvalue weighted by molar-refractivity contribution is 5.86. The second-order valence-corrected chi connectivity index (χ2v) is 4.76. The summed E-state index contributed by atoms with van der Waals surface area (Å²) in [5, 5.41) is 26.9. The molecule has 1 aliphatic rings. The topological polar surface area (TPSA) is 88.2 Å². The maximum absolute atomic E-state index is 11.0. The molecule has 0 radical (unpaired) electrons. The van der Waals surface area contributed by atoms with Gasteiger partial charge in [0.25, 0.3) is 0 Å². The molecule has 100 valence electrons. The number of aromatic carboxylic acids is 1. The number of rotatable bonds is 3. The molecule has 0 aliphatic heterocycles.